The fourth-order valence-corrected chi connectivity index (χ4v) is 1.17. The number of hydrogen-bond acceptors (Lipinski definition) is 3. The number of pyridine rings is 1. The van der Waals surface area contributed by atoms with Crippen LogP contribution in [0.3, 0.4) is 0 Å². The molecule has 2 rings (SSSR count). The molecule has 0 unspecified atom stereocenters. The van der Waals surface area contributed by atoms with Crippen LogP contribution < -0.4 is 5.56 Å². The van der Waals surface area contributed by atoms with E-state index >= 15 is 0 Å². The van der Waals surface area contributed by atoms with Crippen LogP contribution in [0.25, 0.3) is 5.69 Å². The lowest BCUT2D eigenvalue weighted by molar-refractivity contribution is 0.0690. The van der Waals surface area contributed by atoms with Crippen molar-refractivity contribution in [3.8, 4) is 5.69 Å². The number of rotatable bonds is 2. The van der Waals surface area contributed by atoms with E-state index in [9.17, 15) is 9.59 Å². The number of carbonyl (C=O) groups is 1. The van der Waals surface area contributed by atoms with E-state index < -0.39 is 5.97 Å². The lowest BCUT2D eigenvalue weighted by atomic mass is 10.3. The summed E-state index contributed by atoms with van der Waals surface area (Å²) >= 11 is 0. The van der Waals surface area contributed by atoms with Gasteiger partial charge in [0, 0.05) is 18.5 Å². The molecule has 2 heterocycles. The number of nitrogens with zero attached hydrogens (tertiary/aromatic N) is 2. The molecule has 6 heteroatoms. The van der Waals surface area contributed by atoms with Crippen molar-refractivity contribution in [2.75, 3.05) is 0 Å². The minimum absolute atomic E-state index is 0.0675. The Morgan fingerprint density at radius 1 is 1.47 bits per heavy atom. The molecule has 2 aromatic heterocycles. The lowest BCUT2D eigenvalue weighted by Gasteiger charge is -2.01. The summed E-state index contributed by atoms with van der Waals surface area (Å²) in [6.45, 7) is 0. The van der Waals surface area contributed by atoms with E-state index in [4.69, 9.17) is 5.11 Å². The highest BCUT2D eigenvalue weighted by molar-refractivity contribution is 5.85. The number of carboxylic acid groups (broad SMARTS) is 1. The fraction of sp³-hybridized carbons (Fsp3) is 0. The molecule has 0 radical (unpaired) electrons. The van der Waals surface area contributed by atoms with Crippen molar-refractivity contribution in [1.29, 1.82) is 0 Å². The molecule has 0 spiro atoms. The molecule has 0 saturated heterocycles. The second kappa shape index (κ2) is 3.41. The SMILES string of the molecule is O=C(O)c1cc(-n2ccc(=O)[nH]2)ccn1. The summed E-state index contributed by atoms with van der Waals surface area (Å²) in [5, 5.41) is 11.2. The van der Waals surface area contributed by atoms with Gasteiger partial charge in [0.25, 0.3) is 5.56 Å². The zero-order valence-corrected chi connectivity index (χ0v) is 7.54. The van der Waals surface area contributed by atoms with Gasteiger partial charge in [-0.05, 0) is 12.1 Å². The molecule has 76 valence electrons. The Morgan fingerprint density at radius 2 is 2.27 bits per heavy atom. The van der Waals surface area contributed by atoms with E-state index in [0.29, 0.717) is 5.69 Å². The van der Waals surface area contributed by atoms with E-state index in [2.05, 4.69) is 10.1 Å². The second-order valence-electron chi connectivity index (χ2n) is 2.87. The Morgan fingerprint density at radius 3 is 2.87 bits per heavy atom. The van der Waals surface area contributed by atoms with Crippen LogP contribution in [0.1, 0.15) is 10.5 Å². The normalized spacial score (nSPS) is 10.1. The first kappa shape index (κ1) is 9.20. The lowest BCUT2D eigenvalue weighted by Crippen LogP contribution is -2.06. The average Bonchev–Trinajstić information content (AvgIpc) is 2.65. The van der Waals surface area contributed by atoms with Crippen LogP contribution in [-0.4, -0.2) is 25.8 Å². The van der Waals surface area contributed by atoms with Gasteiger partial charge in [0.1, 0.15) is 5.69 Å². The molecule has 0 bridgehead atoms. The molecular weight excluding hydrogens is 198 g/mol. The maximum Gasteiger partial charge on any atom is 0.354 e. The van der Waals surface area contributed by atoms with E-state index in [1.807, 2.05) is 0 Å². The zero-order valence-electron chi connectivity index (χ0n) is 7.54. The van der Waals surface area contributed by atoms with E-state index in [-0.39, 0.29) is 11.3 Å². The Balaban J connectivity index is 2.49. The molecule has 0 amide bonds. The van der Waals surface area contributed by atoms with Gasteiger partial charge in [-0.3, -0.25) is 14.6 Å². The van der Waals surface area contributed by atoms with Gasteiger partial charge in [0.05, 0.1) is 5.69 Å². The molecule has 0 atom stereocenters. The highest BCUT2D eigenvalue weighted by Gasteiger charge is 2.05. The Hall–Kier alpha value is -2.37. The third-order valence-corrected chi connectivity index (χ3v) is 1.85. The molecule has 0 aliphatic rings. The first-order chi connectivity index (χ1) is 7.16. The molecule has 2 aromatic rings. The van der Waals surface area contributed by atoms with Crippen molar-refractivity contribution in [3.05, 3.63) is 46.6 Å². The monoisotopic (exact) mass is 205 g/mol. The molecule has 0 saturated carbocycles. The molecular formula is C9H7N3O3. The Labute approximate surface area is 83.8 Å². The van der Waals surface area contributed by atoms with Gasteiger partial charge in [-0.25, -0.2) is 9.78 Å². The van der Waals surface area contributed by atoms with Gasteiger partial charge in [0.15, 0.2) is 0 Å². The number of aromatic carboxylic acids is 1. The molecule has 6 nitrogen and oxygen atoms in total. The summed E-state index contributed by atoms with van der Waals surface area (Å²) in [4.78, 5) is 25.2. The second-order valence-corrected chi connectivity index (χ2v) is 2.87. The number of nitrogens with one attached hydrogen (secondary N) is 1. The molecule has 0 aliphatic heterocycles. The maximum absolute atomic E-state index is 10.9. The van der Waals surface area contributed by atoms with Crippen molar-refractivity contribution in [3.63, 3.8) is 0 Å². The first-order valence-electron chi connectivity index (χ1n) is 4.14. The van der Waals surface area contributed by atoms with Crippen molar-refractivity contribution in [2.24, 2.45) is 0 Å². The molecule has 0 aromatic carbocycles. The van der Waals surface area contributed by atoms with Gasteiger partial charge in [-0.15, -0.1) is 0 Å². The minimum atomic E-state index is -1.11. The van der Waals surface area contributed by atoms with Crippen molar-refractivity contribution in [1.82, 2.24) is 14.8 Å². The fourth-order valence-electron chi connectivity index (χ4n) is 1.17. The molecule has 0 fully saturated rings. The van der Waals surface area contributed by atoms with Crippen molar-refractivity contribution >= 4 is 5.97 Å². The quantitative estimate of drug-likeness (QED) is 0.736. The summed E-state index contributed by atoms with van der Waals surface area (Å²) in [6, 6.07) is 4.32. The largest absolute Gasteiger partial charge is 0.477 e. The third-order valence-electron chi connectivity index (χ3n) is 1.85. The van der Waals surface area contributed by atoms with Gasteiger partial charge >= 0.3 is 5.97 Å². The van der Waals surface area contributed by atoms with Gasteiger partial charge < -0.3 is 5.11 Å². The molecule has 0 aliphatic carbocycles. The van der Waals surface area contributed by atoms with Crippen molar-refractivity contribution in [2.45, 2.75) is 0 Å². The minimum Gasteiger partial charge on any atom is -0.477 e. The van der Waals surface area contributed by atoms with Gasteiger partial charge in [-0.1, -0.05) is 0 Å². The Bertz CT molecular complexity index is 555. The van der Waals surface area contributed by atoms with E-state index in [1.54, 1.807) is 6.07 Å². The number of carboxylic acids is 1. The highest BCUT2D eigenvalue weighted by atomic mass is 16.4. The predicted octanol–water partition coefficient (Wildman–Crippen LogP) is 0.259. The average molecular weight is 205 g/mol. The summed E-state index contributed by atoms with van der Waals surface area (Å²) in [7, 11) is 0. The van der Waals surface area contributed by atoms with Gasteiger partial charge in [-0.2, -0.15) is 0 Å². The van der Waals surface area contributed by atoms with Crippen LogP contribution in [0.4, 0.5) is 0 Å². The van der Waals surface area contributed by atoms with Crippen molar-refractivity contribution < 1.29 is 9.90 Å². The summed E-state index contributed by atoms with van der Waals surface area (Å²) in [5.41, 5.74) is 0.232. The number of H-pyrrole nitrogens is 1. The molecule has 15 heavy (non-hydrogen) atoms. The molecule has 2 N–H and O–H groups in total. The van der Waals surface area contributed by atoms with Gasteiger partial charge in [0.2, 0.25) is 0 Å². The summed E-state index contributed by atoms with van der Waals surface area (Å²) < 4.78 is 1.43. The summed E-state index contributed by atoms with van der Waals surface area (Å²) in [6.07, 6.45) is 2.89. The van der Waals surface area contributed by atoms with Crippen LogP contribution in [-0.2, 0) is 0 Å². The van der Waals surface area contributed by atoms with E-state index in [1.165, 1.54) is 29.2 Å². The standard InChI is InChI=1S/C9H7N3O3/c13-8-2-4-12(11-8)6-1-3-10-7(5-6)9(14)15/h1-5H,(H,11,13)(H,14,15). The van der Waals surface area contributed by atoms with Crippen LogP contribution in [0.2, 0.25) is 0 Å². The smallest absolute Gasteiger partial charge is 0.354 e. The number of aromatic amines is 1. The number of aromatic nitrogens is 3. The maximum atomic E-state index is 10.9. The first-order valence-corrected chi connectivity index (χ1v) is 4.14. The predicted molar refractivity (Wildman–Crippen MR) is 51.1 cm³/mol. The van der Waals surface area contributed by atoms with Crippen LogP contribution in [0.5, 0.6) is 0 Å². The van der Waals surface area contributed by atoms with E-state index in [0.717, 1.165) is 0 Å². The van der Waals surface area contributed by atoms with Crippen LogP contribution in [0.15, 0.2) is 35.4 Å². The van der Waals surface area contributed by atoms with Crippen LogP contribution in [0, 0.1) is 0 Å². The highest BCUT2D eigenvalue weighted by Crippen LogP contribution is 2.05. The zero-order chi connectivity index (χ0) is 10.8. The van der Waals surface area contributed by atoms with Crippen LogP contribution >= 0.6 is 0 Å². The third kappa shape index (κ3) is 1.78. The topological polar surface area (TPSA) is 88.0 Å². The Kier molecular flexibility index (Phi) is 2.09. The number of hydrogen-bond donors (Lipinski definition) is 2. The summed E-state index contributed by atoms with van der Waals surface area (Å²) in [5.74, 6) is -1.11.